The zero-order chi connectivity index (χ0) is 13.5. The molecule has 1 rings (SSSR count). The van der Waals surface area contributed by atoms with Gasteiger partial charge in [-0.15, -0.1) is 23.5 Å². The van der Waals surface area contributed by atoms with Crippen LogP contribution in [0.1, 0.15) is 19.4 Å². The van der Waals surface area contributed by atoms with Crippen LogP contribution in [0.25, 0.3) is 0 Å². The summed E-state index contributed by atoms with van der Waals surface area (Å²) < 4.78 is 0. The topological polar surface area (TPSA) is 78.8 Å². The summed E-state index contributed by atoms with van der Waals surface area (Å²) in [6.45, 7) is 4.07. The maximum atomic E-state index is 9.12. The molecule has 4 N–H and O–H groups in total. The van der Waals surface area contributed by atoms with E-state index >= 15 is 0 Å². The van der Waals surface area contributed by atoms with Crippen LogP contribution in [0.5, 0.6) is 0 Å². The molecular weight excluding hydrogens is 268 g/mol. The van der Waals surface area contributed by atoms with E-state index in [9.17, 15) is 0 Å². The van der Waals surface area contributed by atoms with E-state index in [2.05, 4.69) is 12.1 Å². The highest BCUT2D eigenvalue weighted by Crippen LogP contribution is 2.33. The molecule has 0 saturated heterocycles. The number of aliphatic hydroxyl groups is 1. The molecule has 1 unspecified atom stereocenters. The minimum atomic E-state index is 0.0668. The molecule has 1 aromatic rings. The molecule has 0 aliphatic rings. The van der Waals surface area contributed by atoms with Crippen LogP contribution in [0.2, 0.25) is 0 Å². The van der Waals surface area contributed by atoms with Gasteiger partial charge in [-0.3, -0.25) is 0 Å². The third kappa shape index (κ3) is 3.83. The summed E-state index contributed by atoms with van der Waals surface area (Å²) in [5.41, 5.74) is 6.50. The molecule has 0 aromatic heterocycles. The zero-order valence-electron chi connectivity index (χ0n) is 10.5. The number of thioether (sulfide) groups is 2. The normalized spacial score (nSPS) is 13.6. The van der Waals surface area contributed by atoms with Crippen LogP contribution in [0, 0.1) is 0 Å². The van der Waals surface area contributed by atoms with Gasteiger partial charge in [0, 0.05) is 20.6 Å². The molecular formula is C12H18N2O2S2. The molecule has 0 spiro atoms. The summed E-state index contributed by atoms with van der Waals surface area (Å²) >= 11 is 3.17. The number of oxime groups is 1. The Morgan fingerprint density at radius 2 is 2.11 bits per heavy atom. The first kappa shape index (κ1) is 15.2. The van der Waals surface area contributed by atoms with Gasteiger partial charge in [0.05, 0.1) is 6.61 Å². The summed E-state index contributed by atoms with van der Waals surface area (Å²) in [6, 6.07) is 5.82. The van der Waals surface area contributed by atoms with Gasteiger partial charge in [0.2, 0.25) is 0 Å². The van der Waals surface area contributed by atoms with Crippen LogP contribution < -0.4 is 5.73 Å². The van der Waals surface area contributed by atoms with E-state index < -0.39 is 0 Å². The number of hydrogen-bond acceptors (Lipinski definition) is 5. The predicted molar refractivity (Wildman–Crippen MR) is 77.8 cm³/mol. The first-order valence-electron chi connectivity index (χ1n) is 5.65. The molecule has 6 heteroatoms. The van der Waals surface area contributed by atoms with E-state index in [4.69, 9.17) is 16.0 Å². The number of nitrogens with zero attached hydrogens (tertiary/aromatic N) is 1. The lowest BCUT2D eigenvalue weighted by Crippen LogP contribution is -2.16. The van der Waals surface area contributed by atoms with Crippen molar-refractivity contribution in [1.82, 2.24) is 0 Å². The SMILES string of the molecule is CCSc1cccc(SC(C)CO)c1/C(N)=N/O. The molecule has 0 saturated carbocycles. The van der Waals surface area contributed by atoms with Crippen molar-refractivity contribution in [1.29, 1.82) is 0 Å². The standard InChI is InChI=1S/C12H18N2O2S2/c1-3-17-9-5-4-6-10(18-8(2)7-15)11(9)12(13)14-16/h4-6,8,15-16H,3,7H2,1-2H3,(H2,13,14). The van der Waals surface area contributed by atoms with Crippen molar-refractivity contribution in [3.8, 4) is 0 Å². The fourth-order valence-electron chi connectivity index (χ4n) is 1.44. The average Bonchev–Trinajstić information content (AvgIpc) is 2.38. The molecule has 4 nitrogen and oxygen atoms in total. The third-order valence-corrected chi connectivity index (χ3v) is 4.32. The molecule has 0 radical (unpaired) electrons. The van der Waals surface area contributed by atoms with Crippen molar-refractivity contribution in [2.45, 2.75) is 28.9 Å². The van der Waals surface area contributed by atoms with Gasteiger partial charge in [-0.2, -0.15) is 0 Å². The van der Waals surface area contributed by atoms with Crippen molar-refractivity contribution >= 4 is 29.4 Å². The highest BCUT2D eigenvalue weighted by Gasteiger charge is 2.15. The van der Waals surface area contributed by atoms with E-state index in [0.29, 0.717) is 0 Å². The molecule has 1 aromatic carbocycles. The molecule has 1 atom stereocenters. The molecule has 0 aliphatic carbocycles. The minimum absolute atomic E-state index is 0.0668. The highest BCUT2D eigenvalue weighted by molar-refractivity contribution is 8.00. The maximum Gasteiger partial charge on any atom is 0.172 e. The van der Waals surface area contributed by atoms with E-state index in [1.165, 1.54) is 11.8 Å². The highest BCUT2D eigenvalue weighted by atomic mass is 32.2. The lowest BCUT2D eigenvalue weighted by Gasteiger charge is -2.15. The van der Waals surface area contributed by atoms with Gasteiger partial charge < -0.3 is 16.0 Å². The lowest BCUT2D eigenvalue weighted by molar-refractivity contribution is 0.300. The van der Waals surface area contributed by atoms with E-state index in [1.807, 2.05) is 25.1 Å². The first-order valence-corrected chi connectivity index (χ1v) is 7.51. The third-order valence-electron chi connectivity index (χ3n) is 2.24. The lowest BCUT2D eigenvalue weighted by atomic mass is 10.2. The van der Waals surface area contributed by atoms with Crippen molar-refractivity contribution < 1.29 is 10.3 Å². The van der Waals surface area contributed by atoms with Gasteiger partial charge in [-0.05, 0) is 17.9 Å². The van der Waals surface area contributed by atoms with Gasteiger partial charge in [0.25, 0.3) is 0 Å². The monoisotopic (exact) mass is 286 g/mol. The molecule has 100 valence electrons. The quantitative estimate of drug-likeness (QED) is 0.246. The van der Waals surface area contributed by atoms with Gasteiger partial charge in [-0.25, -0.2) is 0 Å². The molecule has 0 heterocycles. The average molecular weight is 286 g/mol. The molecule has 18 heavy (non-hydrogen) atoms. The fraction of sp³-hybridized carbons (Fsp3) is 0.417. The second kappa shape index (κ2) is 7.56. The Bertz CT molecular complexity index is 425. The van der Waals surface area contributed by atoms with Gasteiger partial charge >= 0.3 is 0 Å². The van der Waals surface area contributed by atoms with Crippen LogP contribution in [-0.4, -0.2) is 33.8 Å². The number of amidine groups is 1. The Kier molecular flexibility index (Phi) is 6.38. The molecule has 0 bridgehead atoms. The maximum absolute atomic E-state index is 9.12. The van der Waals surface area contributed by atoms with Crippen LogP contribution in [0.4, 0.5) is 0 Å². The van der Waals surface area contributed by atoms with Crippen LogP contribution in [-0.2, 0) is 0 Å². The fourth-order valence-corrected chi connectivity index (χ4v) is 3.35. The number of hydrogen-bond donors (Lipinski definition) is 3. The minimum Gasteiger partial charge on any atom is -0.409 e. The van der Waals surface area contributed by atoms with E-state index in [0.717, 1.165) is 21.1 Å². The summed E-state index contributed by atoms with van der Waals surface area (Å²) in [5.74, 6) is 1.02. The zero-order valence-corrected chi connectivity index (χ0v) is 12.1. The predicted octanol–water partition coefficient (Wildman–Crippen LogP) is 2.37. The molecule has 0 fully saturated rings. The Labute approximate surface area is 116 Å². The Morgan fingerprint density at radius 3 is 2.67 bits per heavy atom. The Morgan fingerprint density at radius 1 is 1.44 bits per heavy atom. The second-order valence-corrected chi connectivity index (χ2v) is 6.44. The smallest absolute Gasteiger partial charge is 0.172 e. The number of benzene rings is 1. The van der Waals surface area contributed by atoms with E-state index in [1.54, 1.807) is 11.8 Å². The van der Waals surface area contributed by atoms with Gasteiger partial charge in [0.1, 0.15) is 0 Å². The number of nitrogens with two attached hydrogens (primary N) is 1. The van der Waals surface area contributed by atoms with Crippen molar-refractivity contribution in [3.63, 3.8) is 0 Å². The summed E-state index contributed by atoms with van der Waals surface area (Å²) in [7, 11) is 0. The summed E-state index contributed by atoms with van der Waals surface area (Å²) in [4.78, 5) is 1.91. The van der Waals surface area contributed by atoms with Gasteiger partial charge in [0.15, 0.2) is 5.84 Å². The van der Waals surface area contributed by atoms with E-state index in [-0.39, 0.29) is 17.7 Å². The Balaban J connectivity index is 3.19. The number of rotatable bonds is 6. The molecule has 0 aliphatic heterocycles. The summed E-state index contributed by atoms with van der Waals surface area (Å²) in [5, 5.41) is 21.2. The summed E-state index contributed by atoms with van der Waals surface area (Å²) in [6.07, 6.45) is 0. The molecule has 0 amide bonds. The van der Waals surface area contributed by atoms with Crippen LogP contribution >= 0.6 is 23.5 Å². The van der Waals surface area contributed by atoms with Crippen LogP contribution in [0.15, 0.2) is 33.1 Å². The van der Waals surface area contributed by atoms with Gasteiger partial charge in [-0.1, -0.05) is 25.1 Å². The van der Waals surface area contributed by atoms with Crippen molar-refractivity contribution in [2.75, 3.05) is 12.4 Å². The number of aliphatic hydroxyl groups excluding tert-OH is 1. The largest absolute Gasteiger partial charge is 0.409 e. The first-order chi connectivity index (χ1) is 8.63. The van der Waals surface area contributed by atoms with Crippen LogP contribution in [0.3, 0.4) is 0 Å². The van der Waals surface area contributed by atoms with Crippen molar-refractivity contribution in [3.05, 3.63) is 23.8 Å². The van der Waals surface area contributed by atoms with Crippen molar-refractivity contribution in [2.24, 2.45) is 10.9 Å². The second-order valence-electron chi connectivity index (χ2n) is 3.66. The Hall–Kier alpha value is -0.850.